The molecule has 0 N–H and O–H groups in total. The molecule has 1 aromatic carbocycles. The molecule has 2 aromatic rings. The number of benzene rings is 1. The molecule has 0 aliphatic rings. The van der Waals surface area contributed by atoms with Crippen molar-refractivity contribution in [3.63, 3.8) is 0 Å². The Kier molecular flexibility index (Phi) is 29.0. The average Bonchev–Trinajstić information content (AvgIpc) is 3.52. The maximum Gasteiger partial charge on any atom is 0.261 e. The molecule has 1 aromatic heterocycles. The van der Waals surface area contributed by atoms with Crippen LogP contribution in [0.15, 0.2) is 42.7 Å². The van der Waals surface area contributed by atoms with E-state index in [9.17, 15) is 0 Å². The van der Waals surface area contributed by atoms with Gasteiger partial charge < -0.3 is 0 Å². The molecule has 1 heterocycles. The summed E-state index contributed by atoms with van der Waals surface area (Å²) in [5.41, 5.74) is 1.31. The van der Waals surface area contributed by atoms with Crippen molar-refractivity contribution in [2.24, 2.45) is 0 Å². The molecule has 0 amide bonds. The molecule has 0 spiro atoms. The van der Waals surface area contributed by atoms with Gasteiger partial charge in [-0.2, -0.15) is 4.57 Å². The van der Waals surface area contributed by atoms with E-state index in [1.165, 1.54) is 236 Å². The lowest BCUT2D eigenvalue weighted by molar-refractivity contribution is -0.704. The second kappa shape index (κ2) is 32.6. The zero-order chi connectivity index (χ0) is 34.0. The standard InChI is InChI=1S/C46H83N2/c1-3-5-7-9-11-13-15-17-19-21-23-25-27-29-31-33-38-42-47-43-44-48(45-39-35-34-36-40-45)46(47)41-37-32-30-28-26-24-22-20-18-16-14-12-10-8-6-4-2/h34-36,39-40,43-44H,3-33,37-38,41-42H2,1-2H3/q+1. The summed E-state index contributed by atoms with van der Waals surface area (Å²) in [5, 5.41) is 0. The molecule has 0 aliphatic heterocycles. The van der Waals surface area contributed by atoms with E-state index in [2.05, 4.69) is 65.7 Å². The summed E-state index contributed by atoms with van der Waals surface area (Å²) in [6.07, 6.45) is 53.2. The van der Waals surface area contributed by atoms with Gasteiger partial charge in [0.1, 0.15) is 18.1 Å². The first-order chi connectivity index (χ1) is 23.9. The van der Waals surface area contributed by atoms with Gasteiger partial charge in [0, 0.05) is 6.42 Å². The summed E-state index contributed by atoms with van der Waals surface area (Å²) in [5.74, 6) is 1.50. The fraction of sp³-hybridized carbons (Fsp3) is 0.804. The number of nitrogens with zero attached hydrogens (tertiary/aromatic N) is 2. The Bertz CT molecular complexity index is 915. The summed E-state index contributed by atoms with van der Waals surface area (Å²) >= 11 is 0. The third kappa shape index (κ3) is 22.9. The fourth-order valence-corrected chi connectivity index (χ4v) is 7.59. The predicted octanol–water partition coefficient (Wildman–Crippen LogP) is 15.2. The summed E-state index contributed by atoms with van der Waals surface area (Å²) in [6.45, 7) is 5.79. The fourth-order valence-electron chi connectivity index (χ4n) is 7.59. The lowest BCUT2D eigenvalue weighted by Crippen LogP contribution is -2.37. The maximum atomic E-state index is 2.57. The number of aryl methyl sites for hydroxylation is 1. The Morgan fingerprint density at radius 1 is 0.396 bits per heavy atom. The highest BCUT2D eigenvalue weighted by molar-refractivity contribution is 5.31. The van der Waals surface area contributed by atoms with Crippen LogP contribution in [0.5, 0.6) is 0 Å². The summed E-state index contributed by atoms with van der Waals surface area (Å²) in [6, 6.07) is 11.0. The summed E-state index contributed by atoms with van der Waals surface area (Å²) < 4.78 is 5.03. The summed E-state index contributed by atoms with van der Waals surface area (Å²) in [4.78, 5) is 0. The molecule has 48 heavy (non-hydrogen) atoms. The predicted molar refractivity (Wildman–Crippen MR) is 213 cm³/mol. The minimum absolute atomic E-state index is 1.17. The van der Waals surface area contributed by atoms with Crippen molar-refractivity contribution in [1.29, 1.82) is 0 Å². The molecule has 2 nitrogen and oxygen atoms in total. The average molecular weight is 664 g/mol. The van der Waals surface area contributed by atoms with Crippen LogP contribution in [0, 0.1) is 0 Å². The van der Waals surface area contributed by atoms with Gasteiger partial charge in [0.15, 0.2) is 0 Å². The minimum atomic E-state index is 1.17. The SMILES string of the molecule is CCCCCCCCCCCCCCCCCCC[n+]1ccn(-c2ccccc2)c1CCCCCCCCCCCCCCCCCC. The van der Waals surface area contributed by atoms with Gasteiger partial charge in [0.25, 0.3) is 5.82 Å². The van der Waals surface area contributed by atoms with Crippen molar-refractivity contribution in [3.8, 4) is 5.69 Å². The van der Waals surface area contributed by atoms with E-state index >= 15 is 0 Å². The first kappa shape index (κ1) is 42.6. The Balaban J connectivity index is 1.51. The maximum absolute atomic E-state index is 2.57. The highest BCUT2D eigenvalue weighted by atomic mass is 15.1. The van der Waals surface area contributed by atoms with Crippen molar-refractivity contribution >= 4 is 0 Å². The van der Waals surface area contributed by atoms with Gasteiger partial charge in [0.2, 0.25) is 0 Å². The minimum Gasteiger partial charge on any atom is -0.234 e. The second-order valence-electron chi connectivity index (χ2n) is 15.3. The zero-order valence-corrected chi connectivity index (χ0v) is 32.7. The molecule has 0 unspecified atom stereocenters. The van der Waals surface area contributed by atoms with Crippen LogP contribution in [-0.2, 0) is 13.0 Å². The second-order valence-corrected chi connectivity index (χ2v) is 15.3. The number of aromatic nitrogens is 2. The van der Waals surface area contributed by atoms with Gasteiger partial charge in [-0.05, 0) is 31.4 Å². The molecule has 0 aliphatic carbocycles. The van der Waals surface area contributed by atoms with Gasteiger partial charge >= 0.3 is 0 Å². The normalized spacial score (nSPS) is 11.5. The number of hydrogen-bond acceptors (Lipinski definition) is 0. The molecule has 2 heteroatoms. The van der Waals surface area contributed by atoms with E-state index in [4.69, 9.17) is 0 Å². The van der Waals surface area contributed by atoms with Crippen LogP contribution in [-0.4, -0.2) is 4.57 Å². The van der Waals surface area contributed by atoms with E-state index in [-0.39, 0.29) is 0 Å². The van der Waals surface area contributed by atoms with Crippen LogP contribution in [0.3, 0.4) is 0 Å². The first-order valence-corrected chi connectivity index (χ1v) is 22.0. The van der Waals surface area contributed by atoms with Crippen molar-refractivity contribution < 1.29 is 4.57 Å². The Morgan fingerprint density at radius 2 is 0.729 bits per heavy atom. The molecule has 2 rings (SSSR count). The molecular weight excluding hydrogens is 581 g/mol. The monoisotopic (exact) mass is 664 g/mol. The van der Waals surface area contributed by atoms with Crippen LogP contribution in [0.1, 0.15) is 232 Å². The molecule has 0 atom stereocenters. The largest absolute Gasteiger partial charge is 0.261 e. The van der Waals surface area contributed by atoms with E-state index in [1.54, 1.807) is 0 Å². The highest BCUT2D eigenvalue weighted by Gasteiger charge is 2.18. The van der Waals surface area contributed by atoms with Crippen LogP contribution >= 0.6 is 0 Å². The Labute approximate surface area is 301 Å². The topological polar surface area (TPSA) is 8.81 Å². The Morgan fingerprint density at radius 3 is 1.10 bits per heavy atom. The van der Waals surface area contributed by atoms with E-state index in [0.717, 1.165) is 0 Å². The number of para-hydroxylation sites is 1. The molecule has 0 saturated carbocycles. The summed E-state index contributed by atoms with van der Waals surface area (Å²) in [7, 11) is 0. The number of rotatable bonds is 36. The van der Waals surface area contributed by atoms with Crippen molar-refractivity contribution in [2.45, 2.75) is 239 Å². The van der Waals surface area contributed by atoms with Crippen LogP contribution in [0.4, 0.5) is 0 Å². The molecule has 276 valence electrons. The number of unbranched alkanes of at least 4 members (excludes halogenated alkanes) is 31. The van der Waals surface area contributed by atoms with Crippen molar-refractivity contribution in [2.75, 3.05) is 0 Å². The van der Waals surface area contributed by atoms with Gasteiger partial charge in [-0.3, -0.25) is 0 Å². The number of imidazole rings is 1. The first-order valence-electron chi connectivity index (χ1n) is 22.0. The molecule has 0 saturated heterocycles. The van der Waals surface area contributed by atoms with Crippen molar-refractivity contribution in [1.82, 2.24) is 4.57 Å². The van der Waals surface area contributed by atoms with Crippen LogP contribution in [0.2, 0.25) is 0 Å². The van der Waals surface area contributed by atoms with E-state index in [0.29, 0.717) is 0 Å². The molecule has 0 bridgehead atoms. The van der Waals surface area contributed by atoms with Gasteiger partial charge in [-0.1, -0.05) is 225 Å². The third-order valence-electron chi connectivity index (χ3n) is 10.8. The third-order valence-corrected chi connectivity index (χ3v) is 10.8. The Hall–Kier alpha value is -1.57. The lowest BCUT2D eigenvalue weighted by Gasteiger charge is -2.07. The highest BCUT2D eigenvalue weighted by Crippen LogP contribution is 2.17. The van der Waals surface area contributed by atoms with Crippen LogP contribution in [0.25, 0.3) is 5.69 Å². The van der Waals surface area contributed by atoms with Gasteiger partial charge in [0.05, 0.1) is 6.54 Å². The molecule has 0 radical (unpaired) electrons. The van der Waals surface area contributed by atoms with Crippen molar-refractivity contribution in [3.05, 3.63) is 48.5 Å². The lowest BCUT2D eigenvalue weighted by atomic mass is 10.0. The molecular formula is C46H83N2+. The smallest absolute Gasteiger partial charge is 0.234 e. The van der Waals surface area contributed by atoms with E-state index in [1.807, 2.05) is 0 Å². The van der Waals surface area contributed by atoms with E-state index < -0.39 is 0 Å². The quantitative estimate of drug-likeness (QED) is 0.0507. The zero-order valence-electron chi connectivity index (χ0n) is 32.7. The number of hydrogen-bond donors (Lipinski definition) is 0. The van der Waals surface area contributed by atoms with Gasteiger partial charge in [-0.15, -0.1) is 0 Å². The molecule has 0 fully saturated rings. The van der Waals surface area contributed by atoms with Gasteiger partial charge in [-0.25, -0.2) is 4.57 Å². The van der Waals surface area contributed by atoms with Crippen LogP contribution < -0.4 is 4.57 Å².